The van der Waals surface area contributed by atoms with E-state index in [1.807, 2.05) is 48.5 Å². The highest BCUT2D eigenvalue weighted by Gasteiger charge is 2.12. The van der Waals surface area contributed by atoms with Crippen LogP contribution in [0.5, 0.6) is 0 Å². The molecule has 0 fully saturated rings. The van der Waals surface area contributed by atoms with Crippen LogP contribution in [0.25, 0.3) is 0 Å². The van der Waals surface area contributed by atoms with Gasteiger partial charge >= 0.3 is 0 Å². The first-order valence-electron chi connectivity index (χ1n) is 5.82. The largest absolute Gasteiger partial charge is 0.302 e. The lowest BCUT2D eigenvalue weighted by Gasteiger charge is -2.18. The molecule has 2 aromatic rings. The van der Waals surface area contributed by atoms with Crippen LogP contribution in [-0.4, -0.2) is 14.8 Å². The van der Waals surface area contributed by atoms with Crippen molar-refractivity contribution in [2.75, 3.05) is 0 Å². The SMILES string of the molecule is CC(N[C@@H](C)c1ccccn1)c1cnn(C)c1. The van der Waals surface area contributed by atoms with Crippen LogP contribution >= 0.6 is 0 Å². The summed E-state index contributed by atoms with van der Waals surface area (Å²) in [6.45, 7) is 4.26. The van der Waals surface area contributed by atoms with Crippen molar-refractivity contribution < 1.29 is 0 Å². The van der Waals surface area contributed by atoms with Crippen LogP contribution in [-0.2, 0) is 7.05 Å². The normalized spacial score (nSPS) is 14.5. The first-order valence-corrected chi connectivity index (χ1v) is 5.82. The van der Waals surface area contributed by atoms with Gasteiger partial charge in [0.2, 0.25) is 0 Å². The van der Waals surface area contributed by atoms with Crippen molar-refractivity contribution >= 4 is 0 Å². The van der Waals surface area contributed by atoms with E-state index in [0.29, 0.717) is 0 Å². The molecule has 0 aliphatic rings. The van der Waals surface area contributed by atoms with Crippen LogP contribution < -0.4 is 5.32 Å². The van der Waals surface area contributed by atoms with Gasteiger partial charge in [0.15, 0.2) is 0 Å². The Morgan fingerprint density at radius 3 is 2.65 bits per heavy atom. The summed E-state index contributed by atoms with van der Waals surface area (Å²) in [5.74, 6) is 0. The van der Waals surface area contributed by atoms with Crippen LogP contribution in [0.2, 0.25) is 0 Å². The van der Waals surface area contributed by atoms with Crippen LogP contribution in [0, 0.1) is 0 Å². The molecule has 0 radical (unpaired) electrons. The predicted octanol–water partition coefficient (Wildman–Crippen LogP) is 2.23. The molecule has 17 heavy (non-hydrogen) atoms. The summed E-state index contributed by atoms with van der Waals surface area (Å²) in [6, 6.07) is 6.47. The van der Waals surface area contributed by atoms with E-state index in [0.717, 1.165) is 5.69 Å². The maximum absolute atomic E-state index is 4.35. The molecule has 0 saturated heterocycles. The summed E-state index contributed by atoms with van der Waals surface area (Å²) in [4.78, 5) is 4.35. The van der Waals surface area contributed by atoms with E-state index in [1.54, 1.807) is 0 Å². The summed E-state index contributed by atoms with van der Waals surface area (Å²) in [6.07, 6.45) is 5.74. The molecule has 0 saturated carbocycles. The van der Waals surface area contributed by atoms with E-state index in [2.05, 4.69) is 29.2 Å². The van der Waals surface area contributed by atoms with E-state index < -0.39 is 0 Å². The van der Waals surface area contributed by atoms with Crippen LogP contribution in [0.15, 0.2) is 36.8 Å². The van der Waals surface area contributed by atoms with Gasteiger partial charge in [-0.15, -0.1) is 0 Å². The van der Waals surface area contributed by atoms with Crippen LogP contribution in [0.4, 0.5) is 0 Å². The van der Waals surface area contributed by atoms with Gasteiger partial charge in [-0.25, -0.2) is 0 Å². The Labute approximate surface area is 102 Å². The Bertz CT molecular complexity index is 463. The molecule has 2 heterocycles. The number of aryl methyl sites for hydroxylation is 1. The van der Waals surface area contributed by atoms with Gasteiger partial charge in [0, 0.05) is 37.1 Å². The topological polar surface area (TPSA) is 42.7 Å². The van der Waals surface area contributed by atoms with Crippen molar-refractivity contribution in [2.45, 2.75) is 25.9 Å². The second-order valence-corrected chi connectivity index (χ2v) is 4.31. The molecule has 2 atom stereocenters. The first kappa shape index (κ1) is 11.8. The van der Waals surface area contributed by atoms with Gasteiger partial charge in [-0.1, -0.05) is 6.07 Å². The number of nitrogens with zero attached hydrogens (tertiary/aromatic N) is 3. The van der Waals surface area contributed by atoms with Gasteiger partial charge in [0.05, 0.1) is 11.9 Å². The van der Waals surface area contributed by atoms with Crippen LogP contribution in [0.3, 0.4) is 0 Å². The molecule has 90 valence electrons. The Kier molecular flexibility index (Phi) is 3.54. The molecular formula is C13H18N4. The number of pyridine rings is 1. The molecule has 1 N–H and O–H groups in total. The molecule has 0 aromatic carbocycles. The number of hydrogen-bond donors (Lipinski definition) is 1. The Balaban J connectivity index is 2.02. The smallest absolute Gasteiger partial charge is 0.0570 e. The summed E-state index contributed by atoms with van der Waals surface area (Å²) < 4.78 is 1.82. The number of aromatic nitrogens is 3. The van der Waals surface area contributed by atoms with Crippen molar-refractivity contribution in [2.24, 2.45) is 7.05 Å². The second kappa shape index (κ2) is 5.10. The quantitative estimate of drug-likeness (QED) is 0.875. The van der Waals surface area contributed by atoms with E-state index in [9.17, 15) is 0 Å². The number of rotatable bonds is 4. The minimum absolute atomic E-state index is 0.228. The highest BCUT2D eigenvalue weighted by atomic mass is 15.2. The fraction of sp³-hybridized carbons (Fsp3) is 0.385. The average molecular weight is 230 g/mol. The third kappa shape index (κ3) is 2.91. The molecular weight excluding hydrogens is 212 g/mol. The molecule has 4 heteroatoms. The second-order valence-electron chi connectivity index (χ2n) is 4.31. The molecule has 0 aliphatic carbocycles. The van der Waals surface area contributed by atoms with Crippen molar-refractivity contribution in [1.82, 2.24) is 20.1 Å². The van der Waals surface area contributed by atoms with Crippen LogP contribution in [0.1, 0.15) is 37.2 Å². The van der Waals surface area contributed by atoms with E-state index >= 15 is 0 Å². The van der Waals surface area contributed by atoms with Gasteiger partial charge in [0.1, 0.15) is 0 Å². The highest BCUT2D eigenvalue weighted by Crippen LogP contribution is 2.17. The third-order valence-electron chi connectivity index (χ3n) is 2.86. The maximum atomic E-state index is 4.35. The minimum Gasteiger partial charge on any atom is -0.302 e. The van der Waals surface area contributed by atoms with Gasteiger partial charge in [-0.3, -0.25) is 9.67 Å². The van der Waals surface area contributed by atoms with E-state index in [-0.39, 0.29) is 12.1 Å². The monoisotopic (exact) mass is 230 g/mol. The molecule has 0 amide bonds. The zero-order chi connectivity index (χ0) is 12.3. The predicted molar refractivity (Wildman–Crippen MR) is 67.4 cm³/mol. The first-order chi connectivity index (χ1) is 8.16. The van der Waals surface area contributed by atoms with Gasteiger partial charge in [-0.05, 0) is 26.0 Å². The average Bonchev–Trinajstić information content (AvgIpc) is 2.77. The molecule has 0 aliphatic heterocycles. The van der Waals surface area contributed by atoms with Crippen molar-refractivity contribution in [1.29, 1.82) is 0 Å². The van der Waals surface area contributed by atoms with Gasteiger partial charge < -0.3 is 5.32 Å². The lowest BCUT2D eigenvalue weighted by Crippen LogP contribution is -2.22. The molecule has 2 rings (SSSR count). The Morgan fingerprint density at radius 2 is 2.06 bits per heavy atom. The zero-order valence-corrected chi connectivity index (χ0v) is 10.5. The van der Waals surface area contributed by atoms with Crippen molar-refractivity contribution in [3.05, 3.63) is 48.0 Å². The number of nitrogens with one attached hydrogen (secondary N) is 1. The molecule has 0 spiro atoms. The lowest BCUT2D eigenvalue weighted by atomic mass is 10.1. The van der Waals surface area contributed by atoms with Gasteiger partial charge in [-0.2, -0.15) is 5.10 Å². The molecule has 4 nitrogen and oxygen atoms in total. The van der Waals surface area contributed by atoms with E-state index in [4.69, 9.17) is 0 Å². The molecule has 2 aromatic heterocycles. The Hall–Kier alpha value is -1.68. The Morgan fingerprint density at radius 1 is 1.24 bits per heavy atom. The summed E-state index contributed by atoms with van der Waals surface area (Å²) in [5, 5.41) is 7.69. The van der Waals surface area contributed by atoms with Crippen molar-refractivity contribution in [3.8, 4) is 0 Å². The number of hydrogen-bond acceptors (Lipinski definition) is 3. The molecule has 1 unspecified atom stereocenters. The third-order valence-corrected chi connectivity index (χ3v) is 2.86. The fourth-order valence-electron chi connectivity index (χ4n) is 1.85. The summed E-state index contributed by atoms with van der Waals surface area (Å²) >= 11 is 0. The lowest BCUT2D eigenvalue weighted by molar-refractivity contribution is 0.486. The zero-order valence-electron chi connectivity index (χ0n) is 10.5. The summed E-state index contributed by atoms with van der Waals surface area (Å²) in [5.41, 5.74) is 2.25. The minimum atomic E-state index is 0.228. The van der Waals surface area contributed by atoms with Crippen molar-refractivity contribution in [3.63, 3.8) is 0 Å². The van der Waals surface area contributed by atoms with Gasteiger partial charge in [0.25, 0.3) is 0 Å². The highest BCUT2D eigenvalue weighted by molar-refractivity contribution is 5.12. The fourth-order valence-corrected chi connectivity index (χ4v) is 1.85. The maximum Gasteiger partial charge on any atom is 0.0570 e. The summed E-state index contributed by atoms with van der Waals surface area (Å²) in [7, 11) is 1.93. The van der Waals surface area contributed by atoms with E-state index in [1.165, 1.54) is 5.56 Å². The molecule has 0 bridgehead atoms. The standard InChI is InChI=1S/C13H18N4/c1-10(12-8-15-17(3)9-12)16-11(2)13-6-4-5-7-14-13/h4-11,16H,1-3H3/t10?,11-/m0/s1.